The van der Waals surface area contributed by atoms with Crippen LogP contribution in [0.4, 0.5) is 0 Å². The lowest BCUT2D eigenvalue weighted by Crippen LogP contribution is -2.52. The first-order valence-electron chi connectivity index (χ1n) is 6.47. The van der Waals surface area contributed by atoms with Crippen molar-refractivity contribution in [2.24, 2.45) is 0 Å². The van der Waals surface area contributed by atoms with E-state index in [0.717, 1.165) is 5.56 Å². The Morgan fingerprint density at radius 1 is 1.42 bits per heavy atom. The molecule has 2 rings (SSSR count). The van der Waals surface area contributed by atoms with Crippen LogP contribution in [-0.4, -0.2) is 24.0 Å². The van der Waals surface area contributed by atoms with E-state index in [2.05, 4.69) is 11.4 Å². The Hall–Kier alpha value is -1.41. The summed E-state index contributed by atoms with van der Waals surface area (Å²) in [5.41, 5.74) is 0.381. The van der Waals surface area contributed by atoms with Gasteiger partial charge in [0.15, 0.2) is 5.79 Å². The van der Waals surface area contributed by atoms with E-state index in [1.807, 2.05) is 51.1 Å². The van der Waals surface area contributed by atoms with Gasteiger partial charge in [-0.1, -0.05) is 30.3 Å². The number of nitriles is 1. The summed E-state index contributed by atoms with van der Waals surface area (Å²) in [6.07, 6.45) is -0.267. The van der Waals surface area contributed by atoms with Crippen molar-refractivity contribution < 1.29 is 9.47 Å². The molecule has 2 atom stereocenters. The second kappa shape index (κ2) is 5.30. The lowest BCUT2D eigenvalue weighted by Gasteiger charge is -2.29. The Kier molecular flexibility index (Phi) is 3.91. The molecule has 0 aromatic heterocycles. The van der Waals surface area contributed by atoms with Gasteiger partial charge in [0, 0.05) is 6.54 Å². The number of hydrogen-bond acceptors (Lipinski definition) is 4. The summed E-state index contributed by atoms with van der Waals surface area (Å²) in [4.78, 5) is 0. The second-order valence-electron chi connectivity index (χ2n) is 5.47. The minimum absolute atomic E-state index is 0.267. The van der Waals surface area contributed by atoms with Gasteiger partial charge in [0.05, 0.1) is 12.7 Å². The van der Waals surface area contributed by atoms with Crippen molar-refractivity contribution in [3.05, 3.63) is 35.9 Å². The average molecular weight is 260 g/mol. The zero-order valence-corrected chi connectivity index (χ0v) is 11.6. The summed E-state index contributed by atoms with van der Waals surface area (Å²) < 4.78 is 11.3. The molecule has 1 aliphatic rings. The quantitative estimate of drug-likeness (QED) is 0.901. The van der Waals surface area contributed by atoms with Crippen LogP contribution < -0.4 is 5.32 Å². The number of rotatable bonds is 4. The lowest BCUT2D eigenvalue weighted by atomic mass is 9.96. The largest absolute Gasteiger partial charge is 0.348 e. The number of nitrogens with one attached hydrogen (secondary N) is 1. The molecule has 1 aromatic rings. The molecule has 0 bridgehead atoms. The van der Waals surface area contributed by atoms with Crippen LogP contribution in [0, 0.1) is 11.3 Å². The van der Waals surface area contributed by atoms with Crippen molar-refractivity contribution in [2.75, 3.05) is 6.61 Å². The van der Waals surface area contributed by atoms with Crippen molar-refractivity contribution in [1.29, 1.82) is 5.26 Å². The van der Waals surface area contributed by atoms with Crippen LogP contribution in [0.5, 0.6) is 0 Å². The Morgan fingerprint density at radius 2 is 2.11 bits per heavy atom. The minimum Gasteiger partial charge on any atom is -0.348 e. The molecule has 4 heteroatoms. The topological polar surface area (TPSA) is 54.3 Å². The Balaban J connectivity index is 2.01. The van der Waals surface area contributed by atoms with E-state index in [9.17, 15) is 5.26 Å². The monoisotopic (exact) mass is 260 g/mol. The third-order valence-corrected chi connectivity index (χ3v) is 3.39. The SMILES string of the molecule is CC1(C)OC[C@H]([C@](C)(C#N)NCc2ccccc2)O1. The first-order valence-corrected chi connectivity index (χ1v) is 6.47. The molecule has 1 saturated heterocycles. The van der Waals surface area contributed by atoms with Gasteiger partial charge in [0.25, 0.3) is 0 Å². The zero-order chi connectivity index (χ0) is 13.9. The number of hydrogen-bond donors (Lipinski definition) is 1. The van der Waals surface area contributed by atoms with Gasteiger partial charge in [-0.15, -0.1) is 0 Å². The molecule has 102 valence electrons. The fourth-order valence-electron chi connectivity index (χ4n) is 2.08. The highest BCUT2D eigenvalue weighted by Gasteiger charge is 2.44. The number of ether oxygens (including phenoxy) is 2. The first-order chi connectivity index (χ1) is 8.95. The van der Waals surface area contributed by atoms with Crippen LogP contribution in [0.15, 0.2) is 30.3 Å². The maximum Gasteiger partial charge on any atom is 0.163 e. The summed E-state index contributed by atoms with van der Waals surface area (Å²) in [7, 11) is 0. The summed E-state index contributed by atoms with van der Waals surface area (Å²) in [5.74, 6) is -0.614. The molecular formula is C15H20N2O2. The fraction of sp³-hybridized carbons (Fsp3) is 0.533. The van der Waals surface area contributed by atoms with Crippen LogP contribution in [0.25, 0.3) is 0 Å². The normalized spacial score (nSPS) is 24.6. The van der Waals surface area contributed by atoms with Crippen LogP contribution >= 0.6 is 0 Å². The molecule has 0 spiro atoms. The van der Waals surface area contributed by atoms with Crippen molar-refractivity contribution in [3.8, 4) is 6.07 Å². The van der Waals surface area contributed by atoms with E-state index in [1.54, 1.807) is 0 Å². The minimum atomic E-state index is -0.760. The predicted molar refractivity (Wildman–Crippen MR) is 72.2 cm³/mol. The molecule has 0 unspecified atom stereocenters. The van der Waals surface area contributed by atoms with Gasteiger partial charge in [-0.25, -0.2) is 0 Å². The first kappa shape index (κ1) is 14.0. The fourth-order valence-corrected chi connectivity index (χ4v) is 2.08. The molecule has 0 saturated carbocycles. The van der Waals surface area contributed by atoms with E-state index >= 15 is 0 Å². The highest BCUT2D eigenvalue weighted by Crippen LogP contribution is 2.28. The standard InChI is InChI=1S/C15H20N2O2/c1-14(2)18-10-13(19-14)15(3,11-16)17-9-12-7-5-4-6-8-12/h4-8,13,17H,9-10H2,1-3H3/t13-,15+/m1/s1. The van der Waals surface area contributed by atoms with E-state index < -0.39 is 11.3 Å². The summed E-state index contributed by atoms with van der Waals surface area (Å²) in [6, 6.07) is 12.3. The predicted octanol–water partition coefficient (Wildman–Crippen LogP) is 2.21. The van der Waals surface area contributed by atoms with E-state index in [1.165, 1.54) is 0 Å². The zero-order valence-electron chi connectivity index (χ0n) is 11.6. The van der Waals surface area contributed by atoms with Crippen LogP contribution in [0.3, 0.4) is 0 Å². The maximum absolute atomic E-state index is 9.45. The van der Waals surface area contributed by atoms with Gasteiger partial charge in [0.2, 0.25) is 0 Å². The Labute approximate surface area is 114 Å². The summed E-state index contributed by atoms with van der Waals surface area (Å²) >= 11 is 0. The lowest BCUT2D eigenvalue weighted by molar-refractivity contribution is -0.144. The van der Waals surface area contributed by atoms with E-state index in [-0.39, 0.29) is 6.10 Å². The molecule has 1 N–H and O–H groups in total. The Morgan fingerprint density at radius 3 is 2.63 bits per heavy atom. The Bertz CT molecular complexity index is 467. The molecule has 0 amide bonds. The molecule has 4 nitrogen and oxygen atoms in total. The van der Waals surface area contributed by atoms with E-state index in [4.69, 9.17) is 9.47 Å². The van der Waals surface area contributed by atoms with Gasteiger partial charge < -0.3 is 9.47 Å². The van der Waals surface area contributed by atoms with Crippen LogP contribution in [0.2, 0.25) is 0 Å². The van der Waals surface area contributed by atoms with Gasteiger partial charge in [-0.3, -0.25) is 5.32 Å². The highest BCUT2D eigenvalue weighted by molar-refractivity contribution is 5.17. The molecule has 1 heterocycles. The van der Waals surface area contributed by atoms with Crippen molar-refractivity contribution in [1.82, 2.24) is 5.32 Å². The average Bonchev–Trinajstić information content (AvgIpc) is 2.78. The summed E-state index contributed by atoms with van der Waals surface area (Å²) in [5, 5.41) is 12.7. The smallest absolute Gasteiger partial charge is 0.163 e. The van der Waals surface area contributed by atoms with Crippen LogP contribution in [0.1, 0.15) is 26.3 Å². The third kappa shape index (κ3) is 3.32. The highest BCUT2D eigenvalue weighted by atomic mass is 16.7. The molecule has 19 heavy (non-hydrogen) atoms. The number of benzene rings is 1. The van der Waals surface area contributed by atoms with Crippen molar-refractivity contribution in [2.45, 2.75) is 44.7 Å². The molecule has 1 aliphatic heterocycles. The van der Waals surface area contributed by atoms with Crippen LogP contribution in [-0.2, 0) is 16.0 Å². The van der Waals surface area contributed by atoms with Crippen molar-refractivity contribution >= 4 is 0 Å². The van der Waals surface area contributed by atoms with Gasteiger partial charge >= 0.3 is 0 Å². The third-order valence-electron chi connectivity index (χ3n) is 3.39. The second-order valence-corrected chi connectivity index (χ2v) is 5.47. The molecule has 1 fully saturated rings. The van der Waals surface area contributed by atoms with Gasteiger partial charge in [-0.05, 0) is 26.3 Å². The summed E-state index contributed by atoms with van der Waals surface area (Å²) in [6.45, 7) is 6.64. The number of nitrogens with zero attached hydrogens (tertiary/aromatic N) is 1. The molecule has 0 aliphatic carbocycles. The molecule has 0 radical (unpaired) electrons. The van der Waals surface area contributed by atoms with Crippen molar-refractivity contribution in [3.63, 3.8) is 0 Å². The van der Waals surface area contributed by atoms with Gasteiger partial charge in [0.1, 0.15) is 11.6 Å². The van der Waals surface area contributed by atoms with Gasteiger partial charge in [-0.2, -0.15) is 5.26 Å². The molecule has 1 aromatic carbocycles. The molecular weight excluding hydrogens is 240 g/mol. The van der Waals surface area contributed by atoms with E-state index in [0.29, 0.717) is 13.2 Å². The maximum atomic E-state index is 9.45.